The number of alkyl carbamates (subject to hydrolysis) is 1. The highest BCUT2D eigenvalue weighted by Crippen LogP contribution is 2.42. The first-order valence-corrected chi connectivity index (χ1v) is 7.03. The van der Waals surface area contributed by atoms with Crippen LogP contribution in [0.4, 0.5) is 4.79 Å². The van der Waals surface area contributed by atoms with Crippen molar-refractivity contribution in [3.05, 3.63) is 22.2 Å². The zero-order valence-electron chi connectivity index (χ0n) is 12.0. The Labute approximate surface area is 126 Å². The number of amides is 1. The van der Waals surface area contributed by atoms with Crippen LogP contribution in [0, 0.1) is 5.41 Å². The van der Waals surface area contributed by atoms with E-state index in [1.54, 1.807) is 14.2 Å². The largest absolute Gasteiger partial charge is 0.495 e. The third-order valence-electron chi connectivity index (χ3n) is 3.42. The minimum Gasteiger partial charge on any atom is -0.495 e. The maximum atomic E-state index is 11.5. The number of halogens is 1. The van der Waals surface area contributed by atoms with Gasteiger partial charge in [0.1, 0.15) is 22.6 Å². The van der Waals surface area contributed by atoms with Crippen molar-refractivity contribution >= 4 is 22.0 Å². The van der Waals surface area contributed by atoms with Gasteiger partial charge in [-0.1, -0.05) is 13.8 Å². The summed E-state index contributed by atoms with van der Waals surface area (Å²) in [5.74, 6) is 1.33. The van der Waals surface area contributed by atoms with Gasteiger partial charge in [0.15, 0.2) is 0 Å². The van der Waals surface area contributed by atoms with Crippen LogP contribution in [0.2, 0.25) is 0 Å². The SMILES string of the molecule is COc1cc([C@@H]2NC(=O)OCC2(C)C)cc(OC)c1Br. The average Bonchev–Trinajstić information content (AvgIpc) is 2.42. The van der Waals surface area contributed by atoms with Gasteiger partial charge in [-0.2, -0.15) is 0 Å². The normalized spacial score (nSPS) is 20.9. The summed E-state index contributed by atoms with van der Waals surface area (Å²) in [6.45, 7) is 4.44. The molecule has 1 aliphatic heterocycles. The van der Waals surface area contributed by atoms with E-state index in [9.17, 15) is 4.79 Å². The third-order valence-corrected chi connectivity index (χ3v) is 4.20. The van der Waals surface area contributed by atoms with E-state index >= 15 is 0 Å². The molecular weight excluding hydrogens is 326 g/mol. The van der Waals surface area contributed by atoms with Crippen LogP contribution in [0.1, 0.15) is 25.5 Å². The fourth-order valence-corrected chi connectivity index (χ4v) is 2.83. The average molecular weight is 344 g/mol. The molecule has 0 aliphatic carbocycles. The summed E-state index contributed by atoms with van der Waals surface area (Å²) in [6, 6.07) is 3.62. The second-order valence-electron chi connectivity index (χ2n) is 5.38. The molecule has 110 valence electrons. The first kappa shape index (κ1) is 15.0. The Morgan fingerprint density at radius 2 is 1.85 bits per heavy atom. The smallest absolute Gasteiger partial charge is 0.407 e. The van der Waals surface area contributed by atoms with Crippen molar-refractivity contribution in [2.24, 2.45) is 5.41 Å². The van der Waals surface area contributed by atoms with E-state index in [-0.39, 0.29) is 11.5 Å². The second kappa shape index (κ2) is 5.52. The zero-order chi connectivity index (χ0) is 14.9. The van der Waals surface area contributed by atoms with E-state index in [0.717, 1.165) is 10.0 Å². The Hall–Kier alpha value is -1.43. The predicted molar refractivity (Wildman–Crippen MR) is 78.3 cm³/mol. The summed E-state index contributed by atoms with van der Waals surface area (Å²) in [5.41, 5.74) is 0.696. The van der Waals surface area contributed by atoms with Gasteiger partial charge in [-0.25, -0.2) is 4.79 Å². The first-order valence-electron chi connectivity index (χ1n) is 6.23. The van der Waals surface area contributed by atoms with Crippen molar-refractivity contribution in [3.8, 4) is 11.5 Å². The van der Waals surface area contributed by atoms with Gasteiger partial charge in [0.2, 0.25) is 0 Å². The number of nitrogens with one attached hydrogen (secondary N) is 1. The number of benzene rings is 1. The number of hydrogen-bond acceptors (Lipinski definition) is 4. The maximum absolute atomic E-state index is 11.5. The molecule has 1 atom stereocenters. The fraction of sp³-hybridized carbons (Fsp3) is 0.500. The number of cyclic esters (lactones) is 1. The van der Waals surface area contributed by atoms with Crippen molar-refractivity contribution in [1.82, 2.24) is 5.32 Å². The summed E-state index contributed by atoms with van der Waals surface area (Å²) >= 11 is 3.44. The zero-order valence-corrected chi connectivity index (χ0v) is 13.5. The van der Waals surface area contributed by atoms with Gasteiger partial charge < -0.3 is 19.5 Å². The Bertz CT molecular complexity index is 505. The van der Waals surface area contributed by atoms with Crippen LogP contribution in [0.15, 0.2) is 16.6 Å². The van der Waals surface area contributed by atoms with Crippen molar-refractivity contribution in [2.75, 3.05) is 20.8 Å². The van der Waals surface area contributed by atoms with Gasteiger partial charge in [-0.15, -0.1) is 0 Å². The number of carbonyl (C=O) groups excluding carboxylic acids is 1. The standard InChI is InChI=1S/C14H18BrNO4/c1-14(2)7-20-13(17)16-12(14)8-5-9(18-3)11(15)10(6-8)19-4/h5-6,12H,7H2,1-4H3,(H,16,17)/t12-/m0/s1. The van der Waals surface area contributed by atoms with Crippen molar-refractivity contribution in [2.45, 2.75) is 19.9 Å². The molecule has 6 heteroatoms. The van der Waals surface area contributed by atoms with Crippen molar-refractivity contribution in [3.63, 3.8) is 0 Å². The first-order chi connectivity index (χ1) is 9.39. The molecule has 1 saturated heterocycles. The monoisotopic (exact) mass is 343 g/mol. The Morgan fingerprint density at radius 1 is 1.30 bits per heavy atom. The number of ether oxygens (including phenoxy) is 3. The molecule has 0 aromatic heterocycles. The van der Waals surface area contributed by atoms with E-state index in [0.29, 0.717) is 18.1 Å². The summed E-state index contributed by atoms with van der Waals surface area (Å²) in [7, 11) is 3.19. The maximum Gasteiger partial charge on any atom is 0.407 e. The van der Waals surface area contributed by atoms with Gasteiger partial charge in [0.25, 0.3) is 0 Å². The summed E-state index contributed by atoms with van der Waals surface area (Å²) in [5, 5.41) is 2.86. The molecule has 0 unspecified atom stereocenters. The van der Waals surface area contributed by atoms with Crippen LogP contribution < -0.4 is 14.8 Å². The van der Waals surface area contributed by atoms with Crippen LogP contribution in [-0.4, -0.2) is 26.9 Å². The molecule has 0 bridgehead atoms. The van der Waals surface area contributed by atoms with E-state index in [1.165, 1.54) is 0 Å². The number of rotatable bonds is 3. The third kappa shape index (κ3) is 2.70. The minimum atomic E-state index is -0.407. The molecule has 0 saturated carbocycles. The molecule has 1 aromatic rings. The van der Waals surface area contributed by atoms with Crippen LogP contribution in [0.25, 0.3) is 0 Å². The molecule has 2 rings (SSSR count). The van der Waals surface area contributed by atoms with E-state index < -0.39 is 6.09 Å². The van der Waals surface area contributed by atoms with Crippen LogP contribution >= 0.6 is 15.9 Å². The lowest BCUT2D eigenvalue weighted by Gasteiger charge is -2.38. The molecule has 1 aliphatic rings. The number of methoxy groups -OCH3 is 2. The molecule has 1 fully saturated rings. The minimum absolute atomic E-state index is 0.167. The van der Waals surface area contributed by atoms with Crippen LogP contribution in [0.3, 0.4) is 0 Å². The summed E-state index contributed by atoms with van der Waals surface area (Å²) in [4.78, 5) is 11.5. The van der Waals surface area contributed by atoms with Crippen LogP contribution in [-0.2, 0) is 4.74 Å². The highest BCUT2D eigenvalue weighted by molar-refractivity contribution is 9.10. The van der Waals surface area contributed by atoms with E-state index in [2.05, 4.69) is 21.2 Å². The predicted octanol–water partition coefficient (Wildman–Crippen LogP) is 3.27. The van der Waals surface area contributed by atoms with Gasteiger partial charge in [0.05, 0.1) is 20.3 Å². The number of hydrogen-bond donors (Lipinski definition) is 1. The highest BCUT2D eigenvalue weighted by atomic mass is 79.9. The molecule has 1 heterocycles. The molecule has 0 spiro atoms. The molecule has 1 amide bonds. The Balaban J connectivity index is 2.47. The van der Waals surface area contributed by atoms with Gasteiger partial charge in [-0.05, 0) is 33.6 Å². The lowest BCUT2D eigenvalue weighted by Crippen LogP contribution is -2.46. The van der Waals surface area contributed by atoms with Crippen molar-refractivity contribution < 1.29 is 19.0 Å². The molecule has 20 heavy (non-hydrogen) atoms. The van der Waals surface area contributed by atoms with Gasteiger partial charge in [-0.3, -0.25) is 0 Å². The highest BCUT2D eigenvalue weighted by Gasteiger charge is 2.38. The van der Waals surface area contributed by atoms with Crippen LogP contribution in [0.5, 0.6) is 11.5 Å². The molecule has 5 nitrogen and oxygen atoms in total. The summed E-state index contributed by atoms with van der Waals surface area (Å²) in [6.07, 6.45) is -0.407. The molecule has 1 aromatic carbocycles. The molecule has 1 N–H and O–H groups in total. The fourth-order valence-electron chi connectivity index (χ4n) is 2.28. The van der Waals surface area contributed by atoms with E-state index in [1.807, 2.05) is 26.0 Å². The van der Waals surface area contributed by atoms with Crippen molar-refractivity contribution in [1.29, 1.82) is 0 Å². The second-order valence-corrected chi connectivity index (χ2v) is 6.17. The van der Waals surface area contributed by atoms with Gasteiger partial charge in [0, 0.05) is 5.41 Å². The quantitative estimate of drug-likeness (QED) is 0.914. The molecule has 0 radical (unpaired) electrons. The Morgan fingerprint density at radius 3 is 2.35 bits per heavy atom. The summed E-state index contributed by atoms with van der Waals surface area (Å²) < 4.78 is 16.5. The lowest BCUT2D eigenvalue weighted by atomic mass is 9.80. The Kier molecular flexibility index (Phi) is 4.13. The number of carbonyl (C=O) groups is 1. The molecular formula is C14H18BrNO4. The van der Waals surface area contributed by atoms with E-state index in [4.69, 9.17) is 14.2 Å². The van der Waals surface area contributed by atoms with Gasteiger partial charge >= 0.3 is 6.09 Å². The topological polar surface area (TPSA) is 56.8 Å². The lowest BCUT2D eigenvalue weighted by molar-refractivity contribution is 0.0386.